The molecule has 2 fully saturated rings. The third kappa shape index (κ3) is 3.65. The lowest BCUT2D eigenvalue weighted by Gasteiger charge is -2.38. The minimum Gasteiger partial charge on any atom is -0.480 e. The topological polar surface area (TPSA) is 56.2 Å². The van der Waals surface area contributed by atoms with Crippen molar-refractivity contribution >= 4 is 5.97 Å². The summed E-state index contributed by atoms with van der Waals surface area (Å²) in [5.74, 6) is -0.714. The van der Waals surface area contributed by atoms with Gasteiger partial charge in [0.05, 0.1) is 13.2 Å². The predicted molar refractivity (Wildman–Crippen MR) is 67.8 cm³/mol. The van der Waals surface area contributed by atoms with Crippen LogP contribution in [-0.4, -0.2) is 97.9 Å². The molecule has 2 heterocycles. The van der Waals surface area contributed by atoms with E-state index in [-0.39, 0.29) is 6.04 Å². The molecule has 2 saturated heterocycles. The highest BCUT2D eigenvalue weighted by molar-refractivity contribution is 5.73. The van der Waals surface area contributed by atoms with Gasteiger partial charge in [-0.15, -0.1) is 0 Å². The van der Waals surface area contributed by atoms with Crippen molar-refractivity contribution in [3.05, 3.63) is 0 Å². The van der Waals surface area contributed by atoms with E-state index in [0.717, 1.165) is 52.5 Å². The lowest BCUT2D eigenvalue weighted by Crippen LogP contribution is -2.56. The number of ether oxygens (including phenoxy) is 1. The van der Waals surface area contributed by atoms with Crippen LogP contribution in [0.1, 0.15) is 0 Å². The first-order valence-electron chi connectivity index (χ1n) is 6.62. The average molecular weight is 257 g/mol. The van der Waals surface area contributed by atoms with E-state index in [0.29, 0.717) is 6.54 Å². The van der Waals surface area contributed by atoms with Crippen molar-refractivity contribution < 1.29 is 14.6 Å². The van der Waals surface area contributed by atoms with Gasteiger partial charge in [0.2, 0.25) is 0 Å². The predicted octanol–water partition coefficient (Wildman–Crippen LogP) is -0.981. The normalized spacial score (nSPS) is 28.4. The Balaban J connectivity index is 1.74. The monoisotopic (exact) mass is 257 g/mol. The molecule has 0 spiro atoms. The molecule has 18 heavy (non-hydrogen) atoms. The third-order valence-electron chi connectivity index (χ3n) is 3.85. The van der Waals surface area contributed by atoms with E-state index in [1.54, 1.807) is 0 Å². The maximum atomic E-state index is 11.1. The van der Waals surface area contributed by atoms with E-state index in [2.05, 4.69) is 9.80 Å². The van der Waals surface area contributed by atoms with Crippen molar-refractivity contribution in [3.63, 3.8) is 0 Å². The summed E-state index contributed by atoms with van der Waals surface area (Å²) in [5.41, 5.74) is 0. The fraction of sp³-hybridized carbons (Fsp3) is 0.917. The standard InChI is InChI=1S/C12H23N3O3/c1-13-2-3-15(10-11(13)12(16)17)5-4-14-6-8-18-9-7-14/h11H,2-10H2,1H3,(H,16,17). The Labute approximate surface area is 108 Å². The van der Waals surface area contributed by atoms with Crippen LogP contribution in [0, 0.1) is 0 Å². The molecule has 0 aromatic heterocycles. The number of carboxylic acids is 1. The highest BCUT2D eigenvalue weighted by atomic mass is 16.5. The maximum Gasteiger partial charge on any atom is 0.322 e. The van der Waals surface area contributed by atoms with Crippen LogP contribution in [-0.2, 0) is 9.53 Å². The van der Waals surface area contributed by atoms with Crippen LogP contribution in [0.25, 0.3) is 0 Å². The van der Waals surface area contributed by atoms with Crippen molar-refractivity contribution in [1.29, 1.82) is 0 Å². The second kappa shape index (κ2) is 6.47. The molecule has 0 radical (unpaired) electrons. The summed E-state index contributed by atoms with van der Waals surface area (Å²) in [6.07, 6.45) is 0. The summed E-state index contributed by atoms with van der Waals surface area (Å²) in [7, 11) is 1.89. The number of rotatable bonds is 4. The van der Waals surface area contributed by atoms with Crippen LogP contribution in [0.3, 0.4) is 0 Å². The molecule has 6 heteroatoms. The van der Waals surface area contributed by atoms with Gasteiger partial charge in [0.25, 0.3) is 0 Å². The number of piperazine rings is 1. The molecule has 2 aliphatic rings. The zero-order valence-corrected chi connectivity index (χ0v) is 11.0. The second-order valence-electron chi connectivity index (χ2n) is 5.09. The van der Waals surface area contributed by atoms with Crippen LogP contribution in [0.4, 0.5) is 0 Å². The van der Waals surface area contributed by atoms with E-state index in [9.17, 15) is 4.79 Å². The van der Waals surface area contributed by atoms with Crippen molar-refractivity contribution in [3.8, 4) is 0 Å². The van der Waals surface area contributed by atoms with Gasteiger partial charge >= 0.3 is 5.97 Å². The molecule has 0 aliphatic carbocycles. The summed E-state index contributed by atoms with van der Waals surface area (Å²) in [6.45, 7) is 8.03. The number of morpholine rings is 1. The minimum atomic E-state index is -0.714. The summed E-state index contributed by atoms with van der Waals surface area (Å²) in [6, 6.07) is -0.358. The molecule has 104 valence electrons. The number of carbonyl (C=O) groups is 1. The molecule has 0 aromatic carbocycles. The van der Waals surface area contributed by atoms with E-state index in [1.165, 1.54) is 0 Å². The van der Waals surface area contributed by atoms with Gasteiger partial charge in [-0.3, -0.25) is 19.5 Å². The SMILES string of the molecule is CN1CCN(CCN2CCOCC2)CC1C(=O)O. The molecule has 6 nitrogen and oxygen atoms in total. The van der Waals surface area contributed by atoms with Crippen LogP contribution < -0.4 is 0 Å². The molecule has 1 atom stereocenters. The number of aliphatic carboxylic acids is 1. The molecule has 0 saturated carbocycles. The minimum absolute atomic E-state index is 0.358. The van der Waals surface area contributed by atoms with Gasteiger partial charge in [0.1, 0.15) is 6.04 Å². The van der Waals surface area contributed by atoms with Crippen LogP contribution in [0.2, 0.25) is 0 Å². The Morgan fingerprint density at radius 1 is 1.17 bits per heavy atom. The highest BCUT2D eigenvalue weighted by Crippen LogP contribution is 2.08. The molecule has 0 aromatic rings. The quantitative estimate of drug-likeness (QED) is 0.698. The zero-order chi connectivity index (χ0) is 13.0. The molecule has 0 amide bonds. The fourth-order valence-corrected chi connectivity index (χ4v) is 2.51. The maximum absolute atomic E-state index is 11.1. The zero-order valence-electron chi connectivity index (χ0n) is 11.0. The summed E-state index contributed by atoms with van der Waals surface area (Å²) < 4.78 is 5.31. The number of hydrogen-bond acceptors (Lipinski definition) is 5. The Hall–Kier alpha value is -0.690. The van der Waals surface area contributed by atoms with E-state index >= 15 is 0 Å². The first-order valence-corrected chi connectivity index (χ1v) is 6.62. The van der Waals surface area contributed by atoms with Crippen LogP contribution in [0.5, 0.6) is 0 Å². The van der Waals surface area contributed by atoms with Crippen LogP contribution in [0.15, 0.2) is 0 Å². The first kappa shape index (κ1) is 13.7. The molecule has 0 bridgehead atoms. The lowest BCUT2D eigenvalue weighted by molar-refractivity contribution is -0.145. The van der Waals surface area contributed by atoms with E-state index < -0.39 is 5.97 Å². The lowest BCUT2D eigenvalue weighted by atomic mass is 10.2. The van der Waals surface area contributed by atoms with Gasteiger partial charge in [-0.1, -0.05) is 0 Å². The molecule has 1 N–H and O–H groups in total. The number of hydrogen-bond donors (Lipinski definition) is 1. The fourth-order valence-electron chi connectivity index (χ4n) is 2.51. The van der Waals surface area contributed by atoms with Gasteiger partial charge in [-0.2, -0.15) is 0 Å². The highest BCUT2D eigenvalue weighted by Gasteiger charge is 2.29. The van der Waals surface area contributed by atoms with Crippen molar-refractivity contribution in [2.24, 2.45) is 0 Å². The van der Waals surface area contributed by atoms with Gasteiger partial charge in [0.15, 0.2) is 0 Å². The molecule has 2 aliphatic heterocycles. The van der Waals surface area contributed by atoms with Crippen molar-refractivity contribution in [2.75, 3.05) is 66.1 Å². The second-order valence-corrected chi connectivity index (χ2v) is 5.09. The third-order valence-corrected chi connectivity index (χ3v) is 3.85. The Bertz CT molecular complexity index is 282. The Morgan fingerprint density at radius 2 is 1.83 bits per heavy atom. The molecule has 2 rings (SSSR count). The molecular weight excluding hydrogens is 234 g/mol. The van der Waals surface area contributed by atoms with E-state index in [4.69, 9.17) is 9.84 Å². The first-order chi connectivity index (χ1) is 8.66. The smallest absolute Gasteiger partial charge is 0.322 e. The number of carboxylic acid groups (broad SMARTS) is 1. The number of likely N-dealkylation sites (N-methyl/N-ethyl adjacent to an activating group) is 1. The summed E-state index contributed by atoms with van der Waals surface area (Å²) >= 11 is 0. The van der Waals surface area contributed by atoms with Gasteiger partial charge in [-0.05, 0) is 7.05 Å². The molecular formula is C12H23N3O3. The van der Waals surface area contributed by atoms with Gasteiger partial charge in [0, 0.05) is 45.8 Å². The van der Waals surface area contributed by atoms with Gasteiger partial charge < -0.3 is 9.84 Å². The van der Waals surface area contributed by atoms with Crippen molar-refractivity contribution in [1.82, 2.24) is 14.7 Å². The van der Waals surface area contributed by atoms with Crippen LogP contribution >= 0.6 is 0 Å². The average Bonchev–Trinajstić information content (AvgIpc) is 2.38. The van der Waals surface area contributed by atoms with Crippen molar-refractivity contribution in [2.45, 2.75) is 6.04 Å². The Morgan fingerprint density at radius 3 is 2.50 bits per heavy atom. The number of nitrogens with zero attached hydrogens (tertiary/aromatic N) is 3. The summed E-state index contributed by atoms with van der Waals surface area (Å²) in [5, 5.41) is 9.15. The molecule has 1 unspecified atom stereocenters. The van der Waals surface area contributed by atoms with Gasteiger partial charge in [-0.25, -0.2) is 0 Å². The Kier molecular flexibility index (Phi) is 4.94. The largest absolute Gasteiger partial charge is 0.480 e. The van der Waals surface area contributed by atoms with E-state index in [1.807, 2.05) is 11.9 Å². The summed E-state index contributed by atoms with van der Waals surface area (Å²) in [4.78, 5) is 17.7.